The van der Waals surface area contributed by atoms with Crippen molar-refractivity contribution in [1.29, 1.82) is 5.41 Å². The molecule has 0 radical (unpaired) electrons. The molecule has 0 aliphatic carbocycles. The van der Waals surface area contributed by atoms with E-state index < -0.39 is 0 Å². The Morgan fingerprint density at radius 3 is 2.42 bits per heavy atom. The SMILES string of the molecule is N=C(N)c1c(Br)cccc1OCc1ccccc1Br. The second-order valence-electron chi connectivity index (χ2n) is 3.91. The van der Waals surface area contributed by atoms with Gasteiger partial charge in [-0.1, -0.05) is 40.2 Å². The van der Waals surface area contributed by atoms with E-state index in [-0.39, 0.29) is 5.84 Å². The van der Waals surface area contributed by atoms with E-state index in [9.17, 15) is 0 Å². The minimum Gasteiger partial charge on any atom is -0.488 e. The van der Waals surface area contributed by atoms with Crippen LogP contribution in [0.25, 0.3) is 0 Å². The first-order valence-corrected chi connectivity index (χ1v) is 7.17. The van der Waals surface area contributed by atoms with Gasteiger partial charge in [-0.05, 0) is 34.1 Å². The van der Waals surface area contributed by atoms with Crippen LogP contribution in [-0.4, -0.2) is 5.84 Å². The predicted molar refractivity (Wildman–Crippen MR) is 83.6 cm³/mol. The molecule has 0 aliphatic heterocycles. The van der Waals surface area contributed by atoms with Crippen LogP contribution in [0, 0.1) is 5.41 Å². The average Bonchev–Trinajstić information content (AvgIpc) is 2.37. The highest BCUT2D eigenvalue weighted by atomic mass is 79.9. The fraction of sp³-hybridized carbons (Fsp3) is 0.0714. The van der Waals surface area contributed by atoms with Crippen molar-refractivity contribution in [3.05, 3.63) is 62.5 Å². The Morgan fingerprint density at radius 1 is 1.05 bits per heavy atom. The largest absolute Gasteiger partial charge is 0.488 e. The first kappa shape index (κ1) is 14.1. The summed E-state index contributed by atoms with van der Waals surface area (Å²) in [5.41, 5.74) is 7.20. The number of nitrogen functional groups attached to an aromatic ring is 1. The van der Waals surface area contributed by atoms with Crippen molar-refractivity contribution in [2.75, 3.05) is 0 Å². The summed E-state index contributed by atoms with van der Waals surface area (Å²) in [5, 5.41) is 7.60. The van der Waals surface area contributed by atoms with Crippen molar-refractivity contribution in [1.82, 2.24) is 0 Å². The molecule has 0 fully saturated rings. The van der Waals surface area contributed by atoms with E-state index in [4.69, 9.17) is 15.9 Å². The predicted octanol–water partition coefficient (Wildman–Crippen LogP) is 4.07. The van der Waals surface area contributed by atoms with Crippen LogP contribution >= 0.6 is 31.9 Å². The molecular weight excluding hydrogens is 372 g/mol. The molecule has 5 heteroatoms. The number of hydrogen-bond donors (Lipinski definition) is 2. The van der Waals surface area contributed by atoms with Crippen LogP contribution < -0.4 is 10.5 Å². The van der Waals surface area contributed by atoms with Gasteiger partial charge in [0, 0.05) is 14.5 Å². The van der Waals surface area contributed by atoms with Crippen LogP contribution in [0.3, 0.4) is 0 Å². The number of amidine groups is 1. The molecule has 0 spiro atoms. The molecule has 0 aliphatic rings. The normalized spacial score (nSPS) is 10.2. The van der Waals surface area contributed by atoms with E-state index in [0.717, 1.165) is 14.5 Å². The molecule has 0 heterocycles. The highest BCUT2D eigenvalue weighted by molar-refractivity contribution is 9.10. The first-order valence-electron chi connectivity index (χ1n) is 5.58. The van der Waals surface area contributed by atoms with Gasteiger partial charge in [-0.2, -0.15) is 0 Å². The minimum absolute atomic E-state index is 0.0189. The topological polar surface area (TPSA) is 59.1 Å². The molecule has 0 amide bonds. The fourth-order valence-electron chi connectivity index (χ4n) is 1.66. The lowest BCUT2D eigenvalue weighted by Crippen LogP contribution is -2.14. The van der Waals surface area contributed by atoms with Gasteiger partial charge in [-0.3, -0.25) is 5.41 Å². The summed E-state index contributed by atoms with van der Waals surface area (Å²) >= 11 is 6.85. The van der Waals surface area contributed by atoms with Crippen molar-refractivity contribution in [2.45, 2.75) is 6.61 Å². The van der Waals surface area contributed by atoms with Crippen molar-refractivity contribution in [2.24, 2.45) is 5.73 Å². The number of hydrogen-bond acceptors (Lipinski definition) is 2. The van der Waals surface area contributed by atoms with Gasteiger partial charge < -0.3 is 10.5 Å². The number of nitrogens with two attached hydrogens (primary N) is 1. The summed E-state index contributed by atoms with van der Waals surface area (Å²) < 4.78 is 7.51. The van der Waals surface area contributed by atoms with E-state index in [1.54, 1.807) is 6.07 Å². The molecule has 19 heavy (non-hydrogen) atoms. The molecule has 0 saturated carbocycles. The zero-order chi connectivity index (χ0) is 13.8. The number of nitrogens with one attached hydrogen (secondary N) is 1. The molecular formula is C14H12Br2N2O. The lowest BCUT2D eigenvalue weighted by molar-refractivity contribution is 0.304. The highest BCUT2D eigenvalue weighted by Gasteiger charge is 2.11. The van der Waals surface area contributed by atoms with E-state index >= 15 is 0 Å². The fourth-order valence-corrected chi connectivity index (χ4v) is 2.62. The second-order valence-corrected chi connectivity index (χ2v) is 5.62. The lowest BCUT2D eigenvalue weighted by atomic mass is 10.2. The molecule has 0 unspecified atom stereocenters. The highest BCUT2D eigenvalue weighted by Crippen LogP contribution is 2.27. The summed E-state index contributed by atoms with van der Waals surface area (Å²) in [5.74, 6) is 0.576. The van der Waals surface area contributed by atoms with Crippen LogP contribution in [0.15, 0.2) is 51.4 Å². The Balaban J connectivity index is 2.23. The molecule has 0 aromatic heterocycles. The van der Waals surface area contributed by atoms with Gasteiger partial charge in [-0.25, -0.2) is 0 Å². The number of benzene rings is 2. The molecule has 0 bridgehead atoms. The minimum atomic E-state index is -0.0189. The zero-order valence-electron chi connectivity index (χ0n) is 9.99. The molecule has 2 aromatic rings. The summed E-state index contributed by atoms with van der Waals surface area (Å²) in [6.07, 6.45) is 0. The van der Waals surface area contributed by atoms with Crippen molar-refractivity contribution in [3.63, 3.8) is 0 Å². The van der Waals surface area contributed by atoms with Crippen LogP contribution in [-0.2, 0) is 6.61 Å². The standard InChI is InChI=1S/C14H12Br2N2O/c15-10-5-2-1-4-9(10)8-19-12-7-3-6-11(16)13(12)14(17)18/h1-7H,8H2,(H3,17,18). The van der Waals surface area contributed by atoms with Crippen LogP contribution in [0.4, 0.5) is 0 Å². The third kappa shape index (κ3) is 3.36. The van der Waals surface area contributed by atoms with Crippen LogP contribution in [0.5, 0.6) is 5.75 Å². The van der Waals surface area contributed by atoms with E-state index in [1.807, 2.05) is 36.4 Å². The monoisotopic (exact) mass is 382 g/mol. The maximum atomic E-state index is 7.60. The summed E-state index contributed by atoms with van der Waals surface area (Å²) in [6, 6.07) is 13.3. The van der Waals surface area contributed by atoms with E-state index in [1.165, 1.54) is 0 Å². The number of rotatable bonds is 4. The maximum absolute atomic E-state index is 7.60. The Bertz CT molecular complexity index is 614. The van der Waals surface area contributed by atoms with Gasteiger partial charge in [-0.15, -0.1) is 0 Å². The lowest BCUT2D eigenvalue weighted by Gasteiger charge is -2.12. The van der Waals surface area contributed by atoms with Gasteiger partial charge in [0.25, 0.3) is 0 Å². The molecule has 3 N–H and O–H groups in total. The molecule has 2 aromatic carbocycles. The van der Waals surface area contributed by atoms with E-state index in [2.05, 4.69) is 31.9 Å². The van der Waals surface area contributed by atoms with Gasteiger partial charge in [0.1, 0.15) is 18.2 Å². The Hall–Kier alpha value is -1.33. The third-order valence-electron chi connectivity index (χ3n) is 2.59. The Labute approximate surface area is 128 Å². The Morgan fingerprint density at radius 2 is 1.74 bits per heavy atom. The summed E-state index contributed by atoms with van der Waals surface area (Å²) in [7, 11) is 0. The molecule has 3 nitrogen and oxygen atoms in total. The Kier molecular flexibility index (Phi) is 4.61. The van der Waals surface area contributed by atoms with Crippen LogP contribution in [0.2, 0.25) is 0 Å². The van der Waals surface area contributed by atoms with Crippen molar-refractivity contribution in [3.8, 4) is 5.75 Å². The molecule has 98 valence electrons. The van der Waals surface area contributed by atoms with Gasteiger partial charge >= 0.3 is 0 Å². The van der Waals surface area contributed by atoms with Gasteiger partial charge in [0.15, 0.2) is 0 Å². The van der Waals surface area contributed by atoms with Gasteiger partial charge in [0.05, 0.1) is 5.56 Å². The van der Waals surface area contributed by atoms with Crippen molar-refractivity contribution < 1.29 is 4.74 Å². The maximum Gasteiger partial charge on any atom is 0.131 e. The number of ether oxygens (including phenoxy) is 1. The second kappa shape index (κ2) is 6.21. The van der Waals surface area contributed by atoms with Gasteiger partial charge in [0.2, 0.25) is 0 Å². The summed E-state index contributed by atoms with van der Waals surface area (Å²) in [6.45, 7) is 0.415. The third-order valence-corrected chi connectivity index (χ3v) is 4.02. The van der Waals surface area contributed by atoms with Crippen LogP contribution in [0.1, 0.15) is 11.1 Å². The average molecular weight is 384 g/mol. The summed E-state index contributed by atoms with van der Waals surface area (Å²) in [4.78, 5) is 0. The zero-order valence-corrected chi connectivity index (χ0v) is 13.2. The molecule has 0 saturated heterocycles. The quantitative estimate of drug-likeness (QED) is 0.617. The van der Waals surface area contributed by atoms with E-state index in [0.29, 0.717) is 17.9 Å². The smallest absolute Gasteiger partial charge is 0.131 e. The molecule has 2 rings (SSSR count). The molecule has 0 atom stereocenters. The number of halogens is 2. The van der Waals surface area contributed by atoms with Crippen molar-refractivity contribution >= 4 is 37.7 Å². The first-order chi connectivity index (χ1) is 9.09.